The molecule has 1 aromatic rings. The molecule has 1 aliphatic heterocycles. The number of amides is 2. The summed E-state index contributed by atoms with van der Waals surface area (Å²) in [7, 11) is 3.09. The molecule has 1 heterocycles. The molecule has 2 amide bonds. The summed E-state index contributed by atoms with van der Waals surface area (Å²) >= 11 is 0. The Kier molecular flexibility index (Phi) is 8.17. The predicted octanol–water partition coefficient (Wildman–Crippen LogP) is 1.39. The van der Waals surface area contributed by atoms with Crippen molar-refractivity contribution in [2.24, 2.45) is 11.7 Å². The van der Waals surface area contributed by atoms with Gasteiger partial charge in [0.15, 0.2) is 0 Å². The molecule has 7 nitrogen and oxygen atoms in total. The van der Waals surface area contributed by atoms with Crippen LogP contribution < -0.4 is 15.2 Å². The monoisotopic (exact) mass is 385 g/mol. The Hall–Kier alpha value is -1.99. The molecule has 1 aromatic carbocycles. The van der Waals surface area contributed by atoms with Crippen LogP contribution in [0, 0.1) is 5.92 Å². The highest BCUT2D eigenvalue weighted by Crippen LogP contribution is 2.26. The fraction of sp³-hybridized carbons (Fsp3) is 0.556. The van der Waals surface area contributed by atoms with Gasteiger partial charge >= 0.3 is 0 Å². The van der Waals surface area contributed by atoms with Crippen molar-refractivity contribution in [2.75, 3.05) is 40.4 Å². The number of hydrogen-bond acceptors (Lipinski definition) is 5. The molecule has 26 heavy (non-hydrogen) atoms. The van der Waals surface area contributed by atoms with Crippen LogP contribution in [0.4, 0.5) is 0 Å². The number of nitrogens with two attached hydrogens (primary N) is 1. The molecule has 2 rings (SSSR count). The summed E-state index contributed by atoms with van der Waals surface area (Å²) in [5.74, 6) is 0.835. The first-order chi connectivity index (χ1) is 11.9. The lowest BCUT2D eigenvalue weighted by Gasteiger charge is -2.36. The van der Waals surface area contributed by atoms with Crippen molar-refractivity contribution in [1.82, 2.24) is 9.80 Å². The maximum atomic E-state index is 12.8. The van der Waals surface area contributed by atoms with Gasteiger partial charge in [0.25, 0.3) is 5.91 Å². The van der Waals surface area contributed by atoms with Crippen LogP contribution in [0.5, 0.6) is 11.5 Å². The molecular weight excluding hydrogens is 358 g/mol. The highest BCUT2D eigenvalue weighted by atomic mass is 35.5. The fourth-order valence-electron chi connectivity index (χ4n) is 2.79. The molecule has 0 aliphatic carbocycles. The minimum Gasteiger partial charge on any atom is -0.497 e. The standard InChI is InChI=1S/C18H27N3O4.ClH/c1-12(13(2)19)17(22)20-7-9-21(10-8-20)18(23)15-6-5-14(24-3)11-16(15)25-4;/h5-6,11-13H,7-10,19H2,1-4H3;1H. The van der Waals surface area contributed by atoms with Crippen LogP contribution in [0.15, 0.2) is 18.2 Å². The van der Waals surface area contributed by atoms with Gasteiger partial charge in [-0.25, -0.2) is 0 Å². The fourth-order valence-corrected chi connectivity index (χ4v) is 2.79. The molecule has 1 aliphatic rings. The number of hydrogen-bond donors (Lipinski definition) is 1. The zero-order valence-electron chi connectivity index (χ0n) is 15.7. The van der Waals surface area contributed by atoms with Crippen molar-refractivity contribution >= 4 is 24.2 Å². The van der Waals surface area contributed by atoms with Gasteiger partial charge in [0.05, 0.1) is 25.7 Å². The summed E-state index contributed by atoms with van der Waals surface area (Å²) < 4.78 is 10.5. The Bertz CT molecular complexity index is 631. The lowest BCUT2D eigenvalue weighted by molar-refractivity contribution is -0.137. The van der Waals surface area contributed by atoms with Gasteiger partial charge < -0.3 is 25.0 Å². The minimum absolute atomic E-state index is 0. The normalized spacial score (nSPS) is 16.3. The molecule has 0 bridgehead atoms. The summed E-state index contributed by atoms with van der Waals surface area (Å²) in [6.45, 7) is 5.68. The number of nitrogens with zero attached hydrogens (tertiary/aromatic N) is 2. The van der Waals surface area contributed by atoms with Crippen molar-refractivity contribution in [3.8, 4) is 11.5 Å². The number of carbonyl (C=O) groups excluding carboxylic acids is 2. The van der Waals surface area contributed by atoms with Gasteiger partial charge in [0.1, 0.15) is 11.5 Å². The van der Waals surface area contributed by atoms with Crippen LogP contribution in [0.3, 0.4) is 0 Å². The number of halogens is 1. The van der Waals surface area contributed by atoms with E-state index in [-0.39, 0.29) is 36.2 Å². The second kappa shape index (κ2) is 9.64. The van der Waals surface area contributed by atoms with E-state index >= 15 is 0 Å². The highest BCUT2D eigenvalue weighted by molar-refractivity contribution is 5.97. The number of benzene rings is 1. The molecule has 2 atom stereocenters. The number of carbonyl (C=O) groups is 2. The van der Waals surface area contributed by atoms with Crippen LogP contribution in [0.2, 0.25) is 0 Å². The molecule has 0 aromatic heterocycles. The first-order valence-corrected chi connectivity index (χ1v) is 8.44. The van der Waals surface area contributed by atoms with Gasteiger partial charge in [0.2, 0.25) is 5.91 Å². The maximum Gasteiger partial charge on any atom is 0.257 e. The topological polar surface area (TPSA) is 85.1 Å². The van der Waals surface area contributed by atoms with Gasteiger partial charge in [-0.3, -0.25) is 9.59 Å². The summed E-state index contributed by atoms with van der Waals surface area (Å²) in [6, 6.07) is 4.95. The van der Waals surface area contributed by atoms with Crippen molar-refractivity contribution in [3.05, 3.63) is 23.8 Å². The third kappa shape index (κ3) is 4.80. The number of ether oxygens (including phenoxy) is 2. The number of methoxy groups -OCH3 is 2. The van der Waals surface area contributed by atoms with E-state index < -0.39 is 0 Å². The Morgan fingerprint density at radius 2 is 1.62 bits per heavy atom. The van der Waals surface area contributed by atoms with Crippen molar-refractivity contribution in [2.45, 2.75) is 19.9 Å². The quantitative estimate of drug-likeness (QED) is 0.827. The van der Waals surface area contributed by atoms with E-state index in [0.29, 0.717) is 43.2 Å². The summed E-state index contributed by atoms with van der Waals surface area (Å²) in [4.78, 5) is 28.7. The van der Waals surface area contributed by atoms with Crippen LogP contribution in [-0.2, 0) is 4.79 Å². The highest BCUT2D eigenvalue weighted by Gasteiger charge is 2.29. The average Bonchev–Trinajstić information content (AvgIpc) is 2.65. The summed E-state index contributed by atoms with van der Waals surface area (Å²) in [6.07, 6.45) is 0. The first-order valence-electron chi connectivity index (χ1n) is 8.44. The van der Waals surface area contributed by atoms with Gasteiger partial charge in [-0.2, -0.15) is 0 Å². The Labute approximate surface area is 160 Å². The molecule has 0 saturated carbocycles. The largest absolute Gasteiger partial charge is 0.497 e. The predicted molar refractivity (Wildman–Crippen MR) is 102 cm³/mol. The smallest absolute Gasteiger partial charge is 0.257 e. The van der Waals surface area contributed by atoms with Crippen LogP contribution in [0.25, 0.3) is 0 Å². The van der Waals surface area contributed by atoms with E-state index in [0.717, 1.165) is 0 Å². The zero-order valence-corrected chi connectivity index (χ0v) is 16.5. The second-order valence-electron chi connectivity index (χ2n) is 6.33. The molecule has 2 N–H and O–H groups in total. The molecule has 0 spiro atoms. The Morgan fingerprint density at radius 1 is 1.04 bits per heavy atom. The summed E-state index contributed by atoms with van der Waals surface area (Å²) in [5.41, 5.74) is 6.31. The number of rotatable bonds is 5. The minimum atomic E-state index is -0.219. The van der Waals surface area contributed by atoms with Crippen molar-refractivity contribution < 1.29 is 19.1 Å². The lowest BCUT2D eigenvalue weighted by atomic mass is 10.0. The third-order valence-corrected chi connectivity index (χ3v) is 4.70. The maximum absolute atomic E-state index is 12.8. The van der Waals surface area contributed by atoms with Gasteiger partial charge in [-0.15, -0.1) is 12.4 Å². The van der Waals surface area contributed by atoms with Crippen LogP contribution in [0.1, 0.15) is 24.2 Å². The molecule has 1 saturated heterocycles. The first kappa shape index (κ1) is 22.1. The summed E-state index contributed by atoms with van der Waals surface area (Å²) in [5, 5.41) is 0. The van der Waals surface area contributed by atoms with E-state index in [4.69, 9.17) is 15.2 Å². The Morgan fingerprint density at radius 3 is 2.12 bits per heavy atom. The molecule has 0 radical (unpaired) electrons. The van der Waals surface area contributed by atoms with E-state index in [9.17, 15) is 9.59 Å². The van der Waals surface area contributed by atoms with E-state index in [1.807, 2.05) is 13.8 Å². The van der Waals surface area contributed by atoms with Crippen LogP contribution in [-0.4, -0.2) is 68.1 Å². The van der Waals surface area contributed by atoms with Crippen LogP contribution >= 0.6 is 12.4 Å². The molecular formula is C18H28ClN3O4. The zero-order chi connectivity index (χ0) is 18.6. The Balaban J connectivity index is 0.00000338. The lowest BCUT2D eigenvalue weighted by Crippen LogP contribution is -2.53. The molecule has 146 valence electrons. The van der Waals surface area contributed by atoms with E-state index in [1.165, 1.54) is 7.11 Å². The molecule has 2 unspecified atom stereocenters. The second-order valence-corrected chi connectivity index (χ2v) is 6.33. The molecule has 8 heteroatoms. The van der Waals surface area contributed by atoms with Crippen molar-refractivity contribution in [3.63, 3.8) is 0 Å². The van der Waals surface area contributed by atoms with E-state index in [2.05, 4.69) is 0 Å². The third-order valence-electron chi connectivity index (χ3n) is 4.70. The van der Waals surface area contributed by atoms with Crippen molar-refractivity contribution in [1.29, 1.82) is 0 Å². The molecule has 1 fully saturated rings. The van der Waals surface area contributed by atoms with E-state index in [1.54, 1.807) is 35.1 Å². The van der Waals surface area contributed by atoms with Gasteiger partial charge in [-0.05, 0) is 19.1 Å². The average molecular weight is 386 g/mol. The number of piperazine rings is 1. The van der Waals surface area contributed by atoms with Gasteiger partial charge in [0, 0.05) is 38.3 Å². The van der Waals surface area contributed by atoms with Gasteiger partial charge in [-0.1, -0.05) is 6.92 Å². The SMILES string of the molecule is COc1ccc(C(=O)N2CCN(C(=O)C(C)C(C)N)CC2)c(OC)c1.Cl.